The first-order valence-corrected chi connectivity index (χ1v) is 7.98. The first-order valence-electron chi connectivity index (χ1n) is 7.10. The average Bonchev–Trinajstić information content (AvgIpc) is 3.03. The van der Waals surface area contributed by atoms with Crippen LogP contribution in [0, 0.1) is 11.6 Å². The first kappa shape index (κ1) is 16.8. The first-order chi connectivity index (χ1) is 12.0. The molecule has 0 fully saturated rings. The fourth-order valence-corrected chi connectivity index (χ4v) is 2.94. The van der Waals surface area contributed by atoms with Gasteiger partial charge in [0.1, 0.15) is 28.7 Å². The van der Waals surface area contributed by atoms with Gasteiger partial charge in [0.25, 0.3) is 5.91 Å². The van der Waals surface area contributed by atoms with Crippen LogP contribution in [-0.4, -0.2) is 16.0 Å². The fraction of sp³-hybridized carbons (Fsp3) is 0.0588. The molecule has 0 saturated heterocycles. The van der Waals surface area contributed by atoms with Crippen molar-refractivity contribution in [1.82, 2.24) is 4.98 Å². The number of carbonyl (C=O) groups is 1. The summed E-state index contributed by atoms with van der Waals surface area (Å²) in [7, 11) is 0. The third kappa shape index (κ3) is 3.58. The smallest absolute Gasteiger partial charge is 0.254 e. The van der Waals surface area contributed by atoms with Crippen molar-refractivity contribution in [3.63, 3.8) is 0 Å². The molecule has 3 aromatic rings. The molecule has 2 aromatic carbocycles. The molecule has 1 aromatic heterocycles. The second kappa shape index (κ2) is 6.86. The zero-order valence-corrected chi connectivity index (χ0v) is 13.5. The van der Waals surface area contributed by atoms with Crippen molar-refractivity contribution in [2.45, 2.75) is 6.61 Å². The summed E-state index contributed by atoms with van der Waals surface area (Å²) in [5, 5.41) is 11.7. The molecule has 0 spiro atoms. The van der Waals surface area contributed by atoms with Gasteiger partial charge in [0.05, 0.1) is 5.69 Å². The van der Waals surface area contributed by atoms with Crippen molar-refractivity contribution >= 4 is 17.2 Å². The number of aromatic hydroxyl groups is 1. The molecule has 0 aliphatic rings. The van der Waals surface area contributed by atoms with E-state index in [0.29, 0.717) is 10.7 Å². The van der Waals surface area contributed by atoms with Gasteiger partial charge in [0, 0.05) is 10.9 Å². The molecule has 0 aliphatic heterocycles. The summed E-state index contributed by atoms with van der Waals surface area (Å²) >= 11 is 1.36. The van der Waals surface area contributed by atoms with E-state index in [2.05, 4.69) is 4.98 Å². The van der Waals surface area contributed by atoms with Crippen LogP contribution >= 0.6 is 11.3 Å². The number of benzene rings is 2. The molecule has 5 nitrogen and oxygen atoms in total. The minimum atomic E-state index is -1.20. The van der Waals surface area contributed by atoms with Crippen molar-refractivity contribution in [2.75, 3.05) is 0 Å². The number of nitrogens with two attached hydrogens (primary N) is 1. The lowest BCUT2D eigenvalue weighted by molar-refractivity contribution is 0.0991. The van der Waals surface area contributed by atoms with Crippen LogP contribution in [0.5, 0.6) is 11.5 Å². The average molecular weight is 362 g/mol. The zero-order chi connectivity index (χ0) is 18.0. The SMILES string of the molecule is NC(=O)c1c(F)ccc(OCc2csc(-c3ccc(O)cc3)n2)c1F. The number of primary amides is 1. The van der Waals surface area contributed by atoms with Crippen molar-refractivity contribution in [1.29, 1.82) is 0 Å². The van der Waals surface area contributed by atoms with Crippen LogP contribution in [0.25, 0.3) is 10.6 Å². The Balaban J connectivity index is 1.76. The van der Waals surface area contributed by atoms with Crippen molar-refractivity contribution in [3.8, 4) is 22.1 Å². The summed E-state index contributed by atoms with van der Waals surface area (Å²) in [6.45, 7) is -0.0602. The van der Waals surface area contributed by atoms with E-state index in [1.54, 1.807) is 29.6 Å². The number of halogens is 2. The highest BCUT2D eigenvalue weighted by molar-refractivity contribution is 7.13. The Labute approximate surface area is 145 Å². The second-order valence-electron chi connectivity index (χ2n) is 5.08. The standard InChI is InChI=1S/C17H12F2N2O3S/c18-12-5-6-13(15(19)14(12)16(20)23)24-7-10-8-25-17(21-10)9-1-3-11(22)4-2-9/h1-6,8,22H,7H2,(H2,20,23). The molecule has 1 amide bonds. The van der Waals surface area contributed by atoms with Gasteiger partial charge in [0.15, 0.2) is 11.6 Å². The number of amides is 1. The third-order valence-electron chi connectivity index (χ3n) is 3.34. The van der Waals surface area contributed by atoms with E-state index < -0.39 is 23.1 Å². The van der Waals surface area contributed by atoms with Crippen LogP contribution < -0.4 is 10.5 Å². The van der Waals surface area contributed by atoms with Gasteiger partial charge in [-0.3, -0.25) is 4.79 Å². The van der Waals surface area contributed by atoms with Gasteiger partial charge in [-0.25, -0.2) is 13.8 Å². The highest BCUT2D eigenvalue weighted by Crippen LogP contribution is 2.27. The number of thiazole rings is 1. The monoisotopic (exact) mass is 362 g/mol. The van der Waals surface area contributed by atoms with E-state index >= 15 is 0 Å². The minimum Gasteiger partial charge on any atom is -0.508 e. The maximum atomic E-state index is 14.1. The summed E-state index contributed by atoms with van der Waals surface area (Å²) in [5.41, 5.74) is 5.49. The van der Waals surface area contributed by atoms with Crippen LogP contribution in [0.1, 0.15) is 16.1 Å². The Kier molecular flexibility index (Phi) is 4.62. The largest absolute Gasteiger partial charge is 0.508 e. The lowest BCUT2D eigenvalue weighted by Gasteiger charge is -2.08. The Bertz CT molecular complexity index is 926. The Hall–Kier alpha value is -3.00. The van der Waals surface area contributed by atoms with Gasteiger partial charge >= 0.3 is 0 Å². The van der Waals surface area contributed by atoms with Crippen LogP contribution in [-0.2, 0) is 6.61 Å². The zero-order valence-electron chi connectivity index (χ0n) is 12.7. The molecule has 128 valence electrons. The highest BCUT2D eigenvalue weighted by Gasteiger charge is 2.19. The molecular weight excluding hydrogens is 350 g/mol. The number of carbonyl (C=O) groups excluding carboxylic acids is 1. The molecular formula is C17H12F2N2O3S. The number of phenols is 1. The number of ether oxygens (including phenoxy) is 1. The molecule has 8 heteroatoms. The van der Waals surface area contributed by atoms with Gasteiger partial charge in [-0.05, 0) is 36.4 Å². The molecule has 1 heterocycles. The molecule has 0 atom stereocenters. The Morgan fingerprint density at radius 1 is 1.20 bits per heavy atom. The lowest BCUT2D eigenvalue weighted by atomic mass is 10.1. The van der Waals surface area contributed by atoms with Crippen LogP contribution in [0.4, 0.5) is 8.78 Å². The molecule has 25 heavy (non-hydrogen) atoms. The van der Waals surface area contributed by atoms with Crippen molar-refractivity contribution < 1.29 is 23.4 Å². The Morgan fingerprint density at radius 2 is 1.92 bits per heavy atom. The topological polar surface area (TPSA) is 85.4 Å². The van der Waals surface area contributed by atoms with E-state index in [-0.39, 0.29) is 18.1 Å². The number of nitrogens with zero attached hydrogens (tertiary/aromatic N) is 1. The highest BCUT2D eigenvalue weighted by atomic mass is 32.1. The number of hydrogen-bond donors (Lipinski definition) is 2. The molecule has 0 unspecified atom stereocenters. The van der Waals surface area contributed by atoms with E-state index in [9.17, 15) is 18.7 Å². The van der Waals surface area contributed by atoms with Gasteiger partial charge < -0.3 is 15.6 Å². The van der Waals surface area contributed by atoms with E-state index in [1.165, 1.54) is 11.3 Å². The molecule has 0 radical (unpaired) electrons. The predicted molar refractivity (Wildman–Crippen MR) is 88.4 cm³/mol. The minimum absolute atomic E-state index is 0.0602. The molecule has 0 bridgehead atoms. The molecule has 0 aliphatic carbocycles. The Morgan fingerprint density at radius 3 is 2.60 bits per heavy atom. The van der Waals surface area contributed by atoms with E-state index in [4.69, 9.17) is 10.5 Å². The molecule has 3 rings (SSSR count). The van der Waals surface area contributed by atoms with Crippen LogP contribution in [0.3, 0.4) is 0 Å². The summed E-state index contributed by atoms with van der Waals surface area (Å²) in [6.07, 6.45) is 0. The maximum absolute atomic E-state index is 14.1. The number of aromatic nitrogens is 1. The molecule has 0 saturated carbocycles. The van der Waals surface area contributed by atoms with Crippen LogP contribution in [0.2, 0.25) is 0 Å². The van der Waals surface area contributed by atoms with Gasteiger partial charge in [-0.15, -0.1) is 11.3 Å². The summed E-state index contributed by atoms with van der Waals surface area (Å²) in [5.74, 6) is -3.51. The van der Waals surface area contributed by atoms with E-state index in [0.717, 1.165) is 17.7 Å². The number of hydrogen-bond acceptors (Lipinski definition) is 5. The van der Waals surface area contributed by atoms with Crippen molar-refractivity contribution in [2.24, 2.45) is 5.73 Å². The summed E-state index contributed by atoms with van der Waals surface area (Å²) in [6, 6.07) is 8.54. The van der Waals surface area contributed by atoms with Gasteiger partial charge in [-0.1, -0.05) is 0 Å². The summed E-state index contributed by atoms with van der Waals surface area (Å²) < 4.78 is 32.8. The quantitative estimate of drug-likeness (QED) is 0.728. The lowest BCUT2D eigenvalue weighted by Crippen LogP contribution is -2.16. The maximum Gasteiger partial charge on any atom is 0.254 e. The van der Waals surface area contributed by atoms with E-state index in [1.807, 2.05) is 0 Å². The van der Waals surface area contributed by atoms with Gasteiger partial charge in [-0.2, -0.15) is 0 Å². The normalized spacial score (nSPS) is 10.6. The van der Waals surface area contributed by atoms with Crippen molar-refractivity contribution in [3.05, 3.63) is 64.7 Å². The number of phenolic OH excluding ortho intramolecular Hbond substituents is 1. The second-order valence-corrected chi connectivity index (χ2v) is 5.94. The predicted octanol–water partition coefficient (Wildman–Crippen LogP) is 3.47. The fourth-order valence-electron chi connectivity index (χ4n) is 2.13. The number of rotatable bonds is 5. The van der Waals surface area contributed by atoms with Crippen LogP contribution in [0.15, 0.2) is 41.8 Å². The van der Waals surface area contributed by atoms with Gasteiger partial charge in [0.2, 0.25) is 0 Å². The molecule has 3 N–H and O–H groups in total. The third-order valence-corrected chi connectivity index (χ3v) is 4.28. The summed E-state index contributed by atoms with van der Waals surface area (Å²) in [4.78, 5) is 15.5.